The fourth-order valence-corrected chi connectivity index (χ4v) is 3.50. The number of rotatable bonds is 3. The lowest BCUT2D eigenvalue weighted by Crippen LogP contribution is -2.46. The lowest BCUT2D eigenvalue weighted by Gasteiger charge is -2.36. The molecule has 1 N–H and O–H groups in total. The lowest BCUT2D eigenvalue weighted by molar-refractivity contribution is -0.120. The number of nitrogens with zero attached hydrogens (tertiary/aromatic N) is 1. The van der Waals surface area contributed by atoms with Gasteiger partial charge in [0.2, 0.25) is 5.91 Å². The molecule has 2 aliphatic rings. The summed E-state index contributed by atoms with van der Waals surface area (Å²) in [6, 6.07) is 9.35. The van der Waals surface area contributed by atoms with Crippen LogP contribution in [-0.2, 0) is 11.2 Å². The summed E-state index contributed by atoms with van der Waals surface area (Å²) in [7, 11) is 0. The third-order valence-electron chi connectivity index (χ3n) is 4.70. The minimum absolute atomic E-state index is 0.181. The molecular formula is C17H24N2O. The van der Waals surface area contributed by atoms with Crippen LogP contribution in [0.4, 0.5) is 5.69 Å². The Hall–Kier alpha value is -1.51. The molecule has 0 bridgehead atoms. The van der Waals surface area contributed by atoms with Crippen molar-refractivity contribution in [2.24, 2.45) is 0 Å². The van der Waals surface area contributed by atoms with Gasteiger partial charge in [0.05, 0.1) is 6.54 Å². The van der Waals surface area contributed by atoms with Gasteiger partial charge >= 0.3 is 0 Å². The molecule has 1 saturated carbocycles. The second kappa shape index (κ2) is 5.86. The molecule has 1 aliphatic heterocycles. The molecule has 0 unspecified atom stereocenters. The van der Waals surface area contributed by atoms with Gasteiger partial charge in [-0.15, -0.1) is 0 Å². The number of hydrogen-bond donors (Lipinski definition) is 1. The maximum atomic E-state index is 12.3. The first-order valence-corrected chi connectivity index (χ1v) is 7.88. The van der Waals surface area contributed by atoms with Crippen molar-refractivity contribution < 1.29 is 4.79 Å². The standard InChI is InChI=1S/C17H24N2O/c1-13-10-11-14-6-2-5-9-16(14)19(13)12-17(20)18-15-7-3-4-8-15/h2,5-6,9,13,15H,3-4,7-8,10-12H2,1H3,(H,18,20)/t13-/m1/s1. The van der Waals surface area contributed by atoms with Crippen LogP contribution in [0.2, 0.25) is 0 Å². The lowest BCUT2D eigenvalue weighted by atomic mass is 9.96. The van der Waals surface area contributed by atoms with E-state index in [0.29, 0.717) is 18.6 Å². The van der Waals surface area contributed by atoms with E-state index in [2.05, 4.69) is 41.4 Å². The van der Waals surface area contributed by atoms with Gasteiger partial charge in [-0.05, 0) is 44.2 Å². The number of hydrogen-bond acceptors (Lipinski definition) is 2. The molecule has 3 heteroatoms. The number of benzene rings is 1. The minimum atomic E-state index is 0.181. The third-order valence-corrected chi connectivity index (χ3v) is 4.70. The van der Waals surface area contributed by atoms with E-state index in [9.17, 15) is 4.79 Å². The average molecular weight is 272 g/mol. The Balaban J connectivity index is 1.68. The second-order valence-corrected chi connectivity index (χ2v) is 6.19. The summed E-state index contributed by atoms with van der Waals surface area (Å²) in [4.78, 5) is 14.5. The monoisotopic (exact) mass is 272 g/mol. The van der Waals surface area contributed by atoms with Gasteiger partial charge in [-0.25, -0.2) is 0 Å². The predicted molar refractivity (Wildman–Crippen MR) is 82.0 cm³/mol. The van der Waals surface area contributed by atoms with Crippen molar-refractivity contribution in [3.63, 3.8) is 0 Å². The van der Waals surface area contributed by atoms with Crippen molar-refractivity contribution in [2.75, 3.05) is 11.4 Å². The maximum absolute atomic E-state index is 12.3. The smallest absolute Gasteiger partial charge is 0.239 e. The van der Waals surface area contributed by atoms with E-state index in [-0.39, 0.29) is 5.91 Å². The van der Waals surface area contributed by atoms with Gasteiger partial charge in [0.15, 0.2) is 0 Å². The fraction of sp³-hybridized carbons (Fsp3) is 0.588. The van der Waals surface area contributed by atoms with Crippen LogP contribution in [0.5, 0.6) is 0 Å². The van der Waals surface area contributed by atoms with Gasteiger partial charge in [0, 0.05) is 17.8 Å². The summed E-state index contributed by atoms with van der Waals surface area (Å²) < 4.78 is 0. The fourth-order valence-electron chi connectivity index (χ4n) is 3.50. The summed E-state index contributed by atoms with van der Waals surface area (Å²) in [6.07, 6.45) is 7.07. The summed E-state index contributed by atoms with van der Waals surface area (Å²) in [6.45, 7) is 2.72. The highest BCUT2D eigenvalue weighted by molar-refractivity contribution is 5.82. The molecule has 1 fully saturated rings. The Morgan fingerprint density at radius 1 is 1.25 bits per heavy atom. The molecule has 3 rings (SSSR count). The summed E-state index contributed by atoms with van der Waals surface area (Å²) in [5, 5.41) is 3.20. The van der Waals surface area contributed by atoms with Crippen LogP contribution in [0.15, 0.2) is 24.3 Å². The molecule has 1 aromatic carbocycles. The van der Waals surface area contributed by atoms with E-state index >= 15 is 0 Å². The number of nitrogens with one attached hydrogen (secondary N) is 1. The molecule has 3 nitrogen and oxygen atoms in total. The van der Waals surface area contributed by atoms with Gasteiger partial charge < -0.3 is 10.2 Å². The molecule has 108 valence electrons. The third kappa shape index (κ3) is 2.82. The number of carbonyl (C=O) groups excluding carboxylic acids is 1. The van der Waals surface area contributed by atoms with E-state index in [1.165, 1.54) is 24.1 Å². The number of aryl methyl sites for hydroxylation is 1. The molecule has 1 heterocycles. The first-order chi connectivity index (χ1) is 9.74. The van der Waals surface area contributed by atoms with Crippen molar-refractivity contribution in [2.45, 2.75) is 57.5 Å². The van der Waals surface area contributed by atoms with Crippen LogP contribution in [0.3, 0.4) is 0 Å². The van der Waals surface area contributed by atoms with Crippen LogP contribution in [0, 0.1) is 0 Å². The van der Waals surface area contributed by atoms with Gasteiger partial charge in [-0.1, -0.05) is 31.0 Å². The molecule has 0 spiro atoms. The van der Waals surface area contributed by atoms with Gasteiger partial charge in [0.1, 0.15) is 0 Å². The number of anilines is 1. The van der Waals surface area contributed by atoms with Crippen LogP contribution in [0.25, 0.3) is 0 Å². The van der Waals surface area contributed by atoms with Crippen LogP contribution >= 0.6 is 0 Å². The molecular weight excluding hydrogens is 248 g/mol. The summed E-state index contributed by atoms with van der Waals surface area (Å²) in [5.74, 6) is 0.181. The van der Waals surface area contributed by atoms with Crippen molar-refractivity contribution >= 4 is 11.6 Å². The summed E-state index contributed by atoms with van der Waals surface area (Å²) in [5.41, 5.74) is 2.62. The molecule has 0 radical (unpaired) electrons. The Bertz CT molecular complexity index is 480. The quantitative estimate of drug-likeness (QED) is 0.917. The number of carbonyl (C=O) groups is 1. The molecule has 0 aromatic heterocycles. The molecule has 0 saturated heterocycles. The van der Waals surface area contributed by atoms with Crippen LogP contribution < -0.4 is 10.2 Å². The first kappa shape index (κ1) is 13.5. The number of amides is 1. The van der Waals surface area contributed by atoms with Crippen LogP contribution in [0.1, 0.15) is 44.6 Å². The highest BCUT2D eigenvalue weighted by atomic mass is 16.2. The Morgan fingerprint density at radius 3 is 2.80 bits per heavy atom. The molecule has 1 aliphatic carbocycles. The minimum Gasteiger partial charge on any atom is -0.359 e. The van der Waals surface area contributed by atoms with Gasteiger partial charge in [-0.2, -0.15) is 0 Å². The SMILES string of the molecule is C[C@@H]1CCc2ccccc2N1CC(=O)NC1CCCC1. The van der Waals surface area contributed by atoms with Gasteiger partial charge in [0.25, 0.3) is 0 Å². The van der Waals surface area contributed by atoms with E-state index in [1.54, 1.807) is 0 Å². The summed E-state index contributed by atoms with van der Waals surface area (Å²) >= 11 is 0. The van der Waals surface area contributed by atoms with E-state index in [4.69, 9.17) is 0 Å². The molecule has 1 aromatic rings. The Labute approximate surface area is 121 Å². The van der Waals surface area contributed by atoms with Crippen molar-refractivity contribution in [3.05, 3.63) is 29.8 Å². The molecule has 20 heavy (non-hydrogen) atoms. The zero-order valence-electron chi connectivity index (χ0n) is 12.3. The van der Waals surface area contributed by atoms with E-state index in [0.717, 1.165) is 25.7 Å². The van der Waals surface area contributed by atoms with Crippen LogP contribution in [-0.4, -0.2) is 24.5 Å². The predicted octanol–water partition coefficient (Wildman–Crippen LogP) is 2.89. The highest BCUT2D eigenvalue weighted by Crippen LogP contribution is 2.30. The van der Waals surface area contributed by atoms with Crippen molar-refractivity contribution in [1.29, 1.82) is 0 Å². The molecule has 1 atom stereocenters. The van der Waals surface area contributed by atoms with E-state index in [1.807, 2.05) is 0 Å². The van der Waals surface area contributed by atoms with E-state index < -0.39 is 0 Å². The average Bonchev–Trinajstić information content (AvgIpc) is 2.95. The zero-order valence-corrected chi connectivity index (χ0v) is 12.3. The molecule has 1 amide bonds. The maximum Gasteiger partial charge on any atom is 0.239 e. The number of para-hydroxylation sites is 1. The van der Waals surface area contributed by atoms with Crippen molar-refractivity contribution in [1.82, 2.24) is 5.32 Å². The zero-order chi connectivity index (χ0) is 13.9. The Morgan fingerprint density at radius 2 is 2.00 bits per heavy atom. The van der Waals surface area contributed by atoms with Crippen molar-refractivity contribution in [3.8, 4) is 0 Å². The largest absolute Gasteiger partial charge is 0.359 e. The Kier molecular flexibility index (Phi) is 3.95. The second-order valence-electron chi connectivity index (χ2n) is 6.19. The number of fused-ring (bicyclic) bond motifs is 1. The van der Waals surface area contributed by atoms with Gasteiger partial charge in [-0.3, -0.25) is 4.79 Å². The topological polar surface area (TPSA) is 32.3 Å². The normalized spacial score (nSPS) is 22.6. The highest BCUT2D eigenvalue weighted by Gasteiger charge is 2.25. The first-order valence-electron chi connectivity index (χ1n) is 7.88.